The van der Waals surface area contributed by atoms with Crippen LogP contribution < -0.4 is 5.73 Å². The second-order valence-electron chi connectivity index (χ2n) is 3.86. The molecule has 1 aliphatic rings. The van der Waals surface area contributed by atoms with E-state index in [2.05, 4.69) is 4.98 Å². The van der Waals surface area contributed by atoms with E-state index in [0.717, 1.165) is 22.7 Å². The second kappa shape index (κ2) is 3.04. The fraction of sp³-hybridized carbons (Fsp3) is 0.667. The molecule has 0 aliphatic heterocycles. The van der Waals surface area contributed by atoms with Crippen molar-refractivity contribution in [2.75, 3.05) is 0 Å². The minimum absolute atomic E-state index is 0.0860. The van der Waals surface area contributed by atoms with E-state index in [9.17, 15) is 5.11 Å². The highest BCUT2D eigenvalue weighted by Gasteiger charge is 2.40. The first kappa shape index (κ1) is 9.12. The second-order valence-corrected chi connectivity index (χ2v) is 5.13. The Balaban J connectivity index is 2.00. The molecule has 3 nitrogen and oxygen atoms in total. The zero-order valence-corrected chi connectivity index (χ0v) is 8.47. The lowest BCUT2D eigenvalue weighted by atomic mass is 10.1. The Morgan fingerprint density at radius 3 is 2.92 bits per heavy atom. The third-order valence-corrected chi connectivity index (χ3v) is 3.47. The van der Waals surface area contributed by atoms with Crippen molar-refractivity contribution in [3.63, 3.8) is 0 Å². The van der Waals surface area contributed by atoms with E-state index >= 15 is 0 Å². The van der Waals surface area contributed by atoms with Gasteiger partial charge >= 0.3 is 0 Å². The minimum atomic E-state index is -0.418. The summed E-state index contributed by atoms with van der Waals surface area (Å²) in [6.45, 7) is 1.94. The van der Waals surface area contributed by atoms with Gasteiger partial charge in [0.05, 0.1) is 16.0 Å². The molecule has 1 aromatic rings. The summed E-state index contributed by atoms with van der Waals surface area (Å²) in [6.07, 6.45) is 4.09. The summed E-state index contributed by atoms with van der Waals surface area (Å²) in [5.41, 5.74) is 5.83. The maximum Gasteiger partial charge on any atom is 0.0915 e. The van der Waals surface area contributed by atoms with Crippen molar-refractivity contribution in [2.45, 2.75) is 37.8 Å². The number of nitrogens with two attached hydrogens (primary N) is 1. The van der Waals surface area contributed by atoms with Crippen molar-refractivity contribution in [3.05, 3.63) is 16.1 Å². The molecule has 0 aromatic carbocycles. The molecule has 1 fully saturated rings. The Morgan fingerprint density at radius 2 is 2.46 bits per heavy atom. The Kier molecular flexibility index (Phi) is 2.14. The smallest absolute Gasteiger partial charge is 0.0915 e. The molecule has 1 unspecified atom stereocenters. The van der Waals surface area contributed by atoms with Gasteiger partial charge in [0, 0.05) is 11.7 Å². The molecule has 0 spiro atoms. The summed E-state index contributed by atoms with van der Waals surface area (Å²) >= 11 is 1.55. The van der Waals surface area contributed by atoms with Gasteiger partial charge in [0.2, 0.25) is 0 Å². The van der Waals surface area contributed by atoms with Crippen LogP contribution in [-0.4, -0.2) is 15.6 Å². The Bertz CT molecular complexity index is 306. The summed E-state index contributed by atoms with van der Waals surface area (Å²) in [5, 5.41) is 10.8. The fourth-order valence-corrected chi connectivity index (χ4v) is 2.15. The highest BCUT2D eigenvalue weighted by Crippen LogP contribution is 2.40. The standard InChI is InChI=1S/C9H14N2OS/c1-6-11-5-8(13-6)7(12)4-9(10)2-3-9/h5,7,12H,2-4,10H2,1H3. The zero-order chi connectivity index (χ0) is 9.47. The number of aryl methyl sites for hydroxylation is 1. The van der Waals surface area contributed by atoms with E-state index in [-0.39, 0.29) is 5.54 Å². The molecule has 1 saturated carbocycles. The molecule has 3 N–H and O–H groups in total. The minimum Gasteiger partial charge on any atom is -0.387 e. The van der Waals surface area contributed by atoms with Gasteiger partial charge in [-0.1, -0.05) is 0 Å². The molecule has 0 saturated heterocycles. The van der Waals surface area contributed by atoms with Crippen LogP contribution in [0.5, 0.6) is 0 Å². The number of nitrogens with zero attached hydrogens (tertiary/aromatic N) is 1. The lowest BCUT2D eigenvalue weighted by Crippen LogP contribution is -2.24. The zero-order valence-electron chi connectivity index (χ0n) is 7.66. The first-order chi connectivity index (χ1) is 6.09. The fourth-order valence-electron chi connectivity index (χ4n) is 1.38. The van der Waals surface area contributed by atoms with Gasteiger partial charge in [0.25, 0.3) is 0 Å². The van der Waals surface area contributed by atoms with Crippen molar-refractivity contribution in [2.24, 2.45) is 5.73 Å². The first-order valence-corrected chi connectivity index (χ1v) is 5.30. The van der Waals surface area contributed by atoms with E-state index in [1.165, 1.54) is 0 Å². The van der Waals surface area contributed by atoms with Crippen molar-refractivity contribution < 1.29 is 5.11 Å². The molecule has 1 aliphatic carbocycles. The predicted molar refractivity (Wildman–Crippen MR) is 52.6 cm³/mol. The van der Waals surface area contributed by atoms with Crippen molar-refractivity contribution in [1.82, 2.24) is 4.98 Å². The van der Waals surface area contributed by atoms with Gasteiger partial charge in [0.1, 0.15) is 0 Å². The number of aliphatic hydroxyl groups is 1. The Morgan fingerprint density at radius 1 is 1.77 bits per heavy atom. The van der Waals surface area contributed by atoms with Gasteiger partial charge in [-0.2, -0.15) is 0 Å². The van der Waals surface area contributed by atoms with E-state index in [1.807, 2.05) is 6.92 Å². The molecule has 1 aromatic heterocycles. The van der Waals surface area contributed by atoms with Crippen LogP contribution >= 0.6 is 11.3 Å². The molecule has 1 atom stereocenters. The van der Waals surface area contributed by atoms with Crippen LogP contribution in [0.25, 0.3) is 0 Å². The number of thiazole rings is 1. The Hall–Kier alpha value is -0.450. The van der Waals surface area contributed by atoms with Crippen molar-refractivity contribution in [1.29, 1.82) is 0 Å². The van der Waals surface area contributed by atoms with Gasteiger partial charge in [0.15, 0.2) is 0 Å². The molecule has 1 heterocycles. The van der Waals surface area contributed by atoms with Crippen molar-refractivity contribution in [3.8, 4) is 0 Å². The largest absolute Gasteiger partial charge is 0.387 e. The topological polar surface area (TPSA) is 59.1 Å². The summed E-state index contributed by atoms with van der Waals surface area (Å²) in [4.78, 5) is 5.04. The summed E-state index contributed by atoms with van der Waals surface area (Å²) in [7, 11) is 0. The first-order valence-electron chi connectivity index (χ1n) is 4.48. The van der Waals surface area contributed by atoms with Crippen LogP contribution in [0.2, 0.25) is 0 Å². The van der Waals surface area contributed by atoms with Crippen LogP contribution in [0.15, 0.2) is 6.20 Å². The molecule has 4 heteroatoms. The lowest BCUT2D eigenvalue weighted by molar-refractivity contribution is 0.158. The third-order valence-electron chi connectivity index (χ3n) is 2.46. The van der Waals surface area contributed by atoms with Crippen LogP contribution in [0.3, 0.4) is 0 Å². The molecule has 72 valence electrons. The summed E-state index contributed by atoms with van der Waals surface area (Å²) in [6, 6.07) is 0. The third kappa shape index (κ3) is 2.07. The average Bonchev–Trinajstić information content (AvgIpc) is 2.62. The Labute approximate surface area is 81.6 Å². The predicted octanol–water partition coefficient (Wildman–Crippen LogP) is 1.37. The van der Waals surface area contributed by atoms with Gasteiger partial charge < -0.3 is 10.8 Å². The van der Waals surface area contributed by atoms with Crippen LogP contribution in [-0.2, 0) is 0 Å². The van der Waals surface area contributed by atoms with Gasteiger partial charge in [-0.25, -0.2) is 4.98 Å². The van der Waals surface area contributed by atoms with E-state index in [1.54, 1.807) is 17.5 Å². The van der Waals surface area contributed by atoms with Crippen molar-refractivity contribution >= 4 is 11.3 Å². The van der Waals surface area contributed by atoms with E-state index in [0.29, 0.717) is 6.42 Å². The van der Waals surface area contributed by atoms with Crippen LogP contribution in [0.4, 0.5) is 0 Å². The number of aliphatic hydroxyl groups excluding tert-OH is 1. The molecule has 13 heavy (non-hydrogen) atoms. The monoisotopic (exact) mass is 198 g/mol. The summed E-state index contributed by atoms with van der Waals surface area (Å²) in [5.74, 6) is 0. The maximum atomic E-state index is 9.80. The highest BCUT2D eigenvalue weighted by molar-refractivity contribution is 7.11. The summed E-state index contributed by atoms with van der Waals surface area (Å²) < 4.78 is 0. The van der Waals surface area contributed by atoms with Crippen LogP contribution in [0.1, 0.15) is 35.3 Å². The van der Waals surface area contributed by atoms with Gasteiger partial charge in [-0.15, -0.1) is 11.3 Å². The SMILES string of the molecule is Cc1ncc(C(O)CC2(N)CC2)s1. The molecule has 2 rings (SSSR count). The van der Waals surface area contributed by atoms with Gasteiger partial charge in [-0.3, -0.25) is 0 Å². The molecule has 0 amide bonds. The molecular formula is C9H14N2OS. The highest BCUT2D eigenvalue weighted by atomic mass is 32.1. The van der Waals surface area contributed by atoms with E-state index < -0.39 is 6.10 Å². The molecule has 0 bridgehead atoms. The number of rotatable bonds is 3. The number of aromatic nitrogens is 1. The number of hydrogen-bond acceptors (Lipinski definition) is 4. The van der Waals surface area contributed by atoms with E-state index in [4.69, 9.17) is 5.73 Å². The lowest BCUT2D eigenvalue weighted by Gasteiger charge is -2.12. The molecular weight excluding hydrogens is 184 g/mol. The normalized spacial score (nSPS) is 21.5. The number of hydrogen-bond donors (Lipinski definition) is 2. The quantitative estimate of drug-likeness (QED) is 0.771. The average molecular weight is 198 g/mol. The molecule has 0 radical (unpaired) electrons. The maximum absolute atomic E-state index is 9.80. The van der Waals surface area contributed by atoms with Crippen LogP contribution in [0, 0.1) is 6.92 Å². The van der Waals surface area contributed by atoms with Gasteiger partial charge in [-0.05, 0) is 26.2 Å².